The number of fused-ring (bicyclic) bond motifs is 1. The third kappa shape index (κ3) is 4.47. The van der Waals surface area contributed by atoms with Crippen LogP contribution < -0.4 is 5.32 Å². The molecular weight excluding hydrogens is 451 g/mol. The SMILES string of the molecule is CN=C(NCc1ccnc(-n2cccn2)c1)N1CCc2ccccc2C1.I. The smallest absolute Gasteiger partial charge is 0.194 e. The summed E-state index contributed by atoms with van der Waals surface area (Å²) in [6.07, 6.45) is 6.51. The minimum Gasteiger partial charge on any atom is -0.352 e. The molecule has 1 aromatic carbocycles. The number of nitrogens with one attached hydrogen (secondary N) is 1. The first-order valence-electron chi connectivity index (χ1n) is 8.81. The fourth-order valence-electron chi connectivity index (χ4n) is 3.29. The van der Waals surface area contributed by atoms with Crippen molar-refractivity contribution in [1.82, 2.24) is 25.0 Å². The normalized spacial score (nSPS) is 13.7. The summed E-state index contributed by atoms with van der Waals surface area (Å²) in [4.78, 5) is 11.1. The highest BCUT2D eigenvalue weighted by molar-refractivity contribution is 14.0. The molecule has 0 spiro atoms. The number of benzene rings is 1. The minimum absolute atomic E-state index is 0. The van der Waals surface area contributed by atoms with E-state index in [0.29, 0.717) is 6.54 Å². The molecular formula is C20H23IN6. The van der Waals surface area contributed by atoms with Crippen LogP contribution in [0.1, 0.15) is 16.7 Å². The molecule has 0 saturated heterocycles. The molecule has 3 heterocycles. The lowest BCUT2D eigenvalue weighted by Crippen LogP contribution is -2.43. The summed E-state index contributed by atoms with van der Waals surface area (Å²) in [5.74, 6) is 1.74. The zero-order chi connectivity index (χ0) is 17.8. The van der Waals surface area contributed by atoms with Crippen LogP contribution in [0.25, 0.3) is 5.82 Å². The van der Waals surface area contributed by atoms with Gasteiger partial charge < -0.3 is 10.2 Å². The summed E-state index contributed by atoms with van der Waals surface area (Å²) >= 11 is 0. The molecule has 6 nitrogen and oxygen atoms in total. The first-order valence-corrected chi connectivity index (χ1v) is 8.81. The van der Waals surface area contributed by atoms with Crippen LogP contribution in [0.3, 0.4) is 0 Å². The highest BCUT2D eigenvalue weighted by Gasteiger charge is 2.18. The van der Waals surface area contributed by atoms with Crippen LogP contribution in [0.4, 0.5) is 0 Å². The fourth-order valence-corrected chi connectivity index (χ4v) is 3.29. The molecule has 2 aromatic heterocycles. The van der Waals surface area contributed by atoms with E-state index >= 15 is 0 Å². The molecule has 0 aliphatic carbocycles. The number of hydrogen-bond donors (Lipinski definition) is 1. The van der Waals surface area contributed by atoms with E-state index in [1.807, 2.05) is 37.6 Å². The standard InChI is InChI=1S/C20H22N6.HI/c1-21-20(25-12-8-17-5-2-3-6-18(17)15-25)23-14-16-7-10-22-19(13-16)26-11-4-9-24-26;/h2-7,9-11,13H,8,12,14-15H2,1H3,(H,21,23);1H. The van der Waals surface area contributed by atoms with Crippen molar-refractivity contribution >= 4 is 29.9 Å². The minimum atomic E-state index is 0. The summed E-state index contributed by atoms with van der Waals surface area (Å²) in [5, 5.41) is 7.71. The van der Waals surface area contributed by atoms with E-state index in [1.54, 1.807) is 10.9 Å². The van der Waals surface area contributed by atoms with Crippen LogP contribution in [0, 0.1) is 0 Å². The number of aliphatic imine (C=N–C) groups is 1. The Morgan fingerprint density at radius 3 is 2.78 bits per heavy atom. The van der Waals surface area contributed by atoms with Gasteiger partial charge in [0.05, 0.1) is 0 Å². The van der Waals surface area contributed by atoms with Gasteiger partial charge in [0.15, 0.2) is 11.8 Å². The summed E-state index contributed by atoms with van der Waals surface area (Å²) < 4.78 is 1.76. The molecule has 0 unspecified atom stereocenters. The van der Waals surface area contributed by atoms with E-state index in [-0.39, 0.29) is 24.0 Å². The molecule has 1 N–H and O–H groups in total. The zero-order valence-electron chi connectivity index (χ0n) is 15.2. The molecule has 0 bridgehead atoms. The number of rotatable bonds is 3. The Kier molecular flexibility index (Phi) is 6.44. The van der Waals surface area contributed by atoms with E-state index in [9.17, 15) is 0 Å². The van der Waals surface area contributed by atoms with Gasteiger partial charge >= 0.3 is 0 Å². The summed E-state index contributed by atoms with van der Waals surface area (Å²) in [7, 11) is 1.84. The van der Waals surface area contributed by atoms with Crippen LogP contribution >= 0.6 is 24.0 Å². The fraction of sp³-hybridized carbons (Fsp3) is 0.250. The Labute approximate surface area is 176 Å². The van der Waals surface area contributed by atoms with Crippen molar-refractivity contribution in [2.45, 2.75) is 19.5 Å². The van der Waals surface area contributed by atoms with Crippen molar-refractivity contribution in [2.75, 3.05) is 13.6 Å². The van der Waals surface area contributed by atoms with Crippen molar-refractivity contribution in [3.05, 3.63) is 77.7 Å². The van der Waals surface area contributed by atoms with Crippen LogP contribution in [0.2, 0.25) is 0 Å². The third-order valence-electron chi connectivity index (χ3n) is 4.64. The molecule has 1 aliphatic heterocycles. The quantitative estimate of drug-likeness (QED) is 0.360. The average molecular weight is 474 g/mol. The predicted molar refractivity (Wildman–Crippen MR) is 118 cm³/mol. The lowest BCUT2D eigenvalue weighted by atomic mass is 10.0. The first-order chi connectivity index (χ1) is 12.8. The molecule has 7 heteroatoms. The van der Waals surface area contributed by atoms with Gasteiger partial charge in [-0.2, -0.15) is 5.10 Å². The van der Waals surface area contributed by atoms with Crippen LogP contribution in [-0.2, 0) is 19.5 Å². The van der Waals surface area contributed by atoms with E-state index in [0.717, 1.165) is 36.9 Å². The van der Waals surface area contributed by atoms with Gasteiger partial charge in [-0.25, -0.2) is 9.67 Å². The molecule has 0 saturated carbocycles. The van der Waals surface area contributed by atoms with Gasteiger partial charge in [0, 0.05) is 45.3 Å². The molecule has 4 rings (SSSR count). The molecule has 0 amide bonds. The van der Waals surface area contributed by atoms with Crippen molar-refractivity contribution in [1.29, 1.82) is 0 Å². The summed E-state index contributed by atoms with van der Waals surface area (Å²) in [6, 6.07) is 14.6. The van der Waals surface area contributed by atoms with Gasteiger partial charge in [0.2, 0.25) is 0 Å². The maximum atomic E-state index is 4.47. The monoisotopic (exact) mass is 474 g/mol. The van der Waals surface area contributed by atoms with Crippen molar-refractivity contribution in [3.63, 3.8) is 0 Å². The Morgan fingerprint density at radius 1 is 1.15 bits per heavy atom. The molecule has 27 heavy (non-hydrogen) atoms. The Morgan fingerprint density at radius 2 is 2.00 bits per heavy atom. The van der Waals surface area contributed by atoms with Gasteiger partial charge in [0.25, 0.3) is 0 Å². The molecule has 140 valence electrons. The van der Waals surface area contributed by atoms with Crippen molar-refractivity contribution in [2.24, 2.45) is 4.99 Å². The lowest BCUT2D eigenvalue weighted by molar-refractivity contribution is 0.378. The average Bonchev–Trinajstić information content (AvgIpc) is 3.23. The van der Waals surface area contributed by atoms with Crippen LogP contribution in [0.15, 0.2) is 66.0 Å². The van der Waals surface area contributed by atoms with E-state index in [4.69, 9.17) is 0 Å². The number of nitrogens with zero attached hydrogens (tertiary/aromatic N) is 5. The van der Waals surface area contributed by atoms with E-state index in [1.165, 1.54) is 11.1 Å². The number of halogens is 1. The maximum Gasteiger partial charge on any atom is 0.194 e. The molecule has 0 fully saturated rings. The second kappa shape index (κ2) is 8.98. The highest BCUT2D eigenvalue weighted by Crippen LogP contribution is 2.18. The van der Waals surface area contributed by atoms with Gasteiger partial charge in [-0.15, -0.1) is 24.0 Å². The van der Waals surface area contributed by atoms with Gasteiger partial charge in [-0.1, -0.05) is 24.3 Å². The predicted octanol–water partition coefficient (Wildman–Crippen LogP) is 3.02. The zero-order valence-corrected chi connectivity index (χ0v) is 17.6. The summed E-state index contributed by atoms with van der Waals surface area (Å²) in [5.41, 5.74) is 3.97. The number of hydrogen-bond acceptors (Lipinski definition) is 3. The Bertz CT molecular complexity index is 906. The van der Waals surface area contributed by atoms with Gasteiger partial charge in [-0.05, 0) is 41.3 Å². The van der Waals surface area contributed by atoms with Crippen LogP contribution in [0.5, 0.6) is 0 Å². The number of guanidine groups is 1. The summed E-state index contributed by atoms with van der Waals surface area (Å²) in [6.45, 7) is 2.57. The Balaban J connectivity index is 0.00000210. The second-order valence-corrected chi connectivity index (χ2v) is 6.31. The largest absolute Gasteiger partial charge is 0.352 e. The van der Waals surface area contributed by atoms with E-state index in [2.05, 4.69) is 49.6 Å². The van der Waals surface area contributed by atoms with Crippen molar-refractivity contribution in [3.8, 4) is 5.82 Å². The molecule has 0 atom stereocenters. The van der Waals surface area contributed by atoms with E-state index < -0.39 is 0 Å². The molecule has 0 radical (unpaired) electrons. The molecule has 3 aromatic rings. The van der Waals surface area contributed by atoms with Gasteiger partial charge in [-0.3, -0.25) is 4.99 Å². The lowest BCUT2D eigenvalue weighted by Gasteiger charge is -2.31. The van der Waals surface area contributed by atoms with Crippen LogP contribution in [-0.4, -0.2) is 39.2 Å². The second-order valence-electron chi connectivity index (χ2n) is 6.31. The number of aromatic nitrogens is 3. The van der Waals surface area contributed by atoms with Crippen molar-refractivity contribution < 1.29 is 0 Å². The highest BCUT2D eigenvalue weighted by atomic mass is 127. The van der Waals surface area contributed by atoms with Gasteiger partial charge in [0.1, 0.15) is 0 Å². The topological polar surface area (TPSA) is 58.3 Å². The maximum absolute atomic E-state index is 4.47. The Hall–Kier alpha value is -2.42. The molecule has 1 aliphatic rings. The first kappa shape index (κ1) is 19.3. The third-order valence-corrected chi connectivity index (χ3v) is 4.64. The number of pyridine rings is 1.